The van der Waals surface area contributed by atoms with Gasteiger partial charge < -0.3 is 14.9 Å². The van der Waals surface area contributed by atoms with Crippen molar-refractivity contribution < 1.29 is 19.3 Å². The van der Waals surface area contributed by atoms with Gasteiger partial charge in [-0.05, 0) is 27.2 Å². The zero-order valence-electron chi connectivity index (χ0n) is 9.48. The highest BCUT2D eigenvalue weighted by Crippen LogP contribution is 2.19. The molecule has 1 aliphatic rings. The number of nitrogens with zero attached hydrogens (tertiary/aromatic N) is 1. The molecule has 1 fully saturated rings. The Morgan fingerprint density at radius 3 is 2.53 bits per heavy atom. The molecule has 0 bridgehead atoms. The van der Waals surface area contributed by atoms with Crippen LogP contribution >= 0.6 is 0 Å². The zero-order chi connectivity index (χ0) is 11.6. The molecule has 90 valence electrons. The summed E-state index contributed by atoms with van der Waals surface area (Å²) >= 11 is 0. The summed E-state index contributed by atoms with van der Waals surface area (Å²) in [6.07, 6.45) is -3.00. The van der Waals surface area contributed by atoms with E-state index in [0.717, 1.165) is 0 Å². The van der Waals surface area contributed by atoms with Crippen LogP contribution in [0.3, 0.4) is 0 Å². The lowest BCUT2D eigenvalue weighted by molar-refractivity contribution is -0.249. The molecular weight excluding hydrogens is 201 g/mol. The highest BCUT2D eigenvalue weighted by Gasteiger charge is 2.32. The van der Waals surface area contributed by atoms with E-state index in [1.165, 1.54) is 4.90 Å². The molecular formula is C10H20FNO3. The summed E-state index contributed by atoms with van der Waals surface area (Å²) in [7, 11) is 0. The maximum Gasteiger partial charge on any atom is 0.216 e. The van der Waals surface area contributed by atoms with Gasteiger partial charge in [0.1, 0.15) is 6.17 Å². The minimum absolute atomic E-state index is 0.0123. The predicted molar refractivity (Wildman–Crippen MR) is 53.9 cm³/mol. The van der Waals surface area contributed by atoms with Crippen LogP contribution in [-0.4, -0.2) is 52.5 Å². The van der Waals surface area contributed by atoms with E-state index in [4.69, 9.17) is 4.74 Å². The Balaban J connectivity index is 2.44. The first kappa shape index (κ1) is 12.8. The summed E-state index contributed by atoms with van der Waals surface area (Å²) in [5, 5.41) is 18.9. The van der Waals surface area contributed by atoms with Crippen molar-refractivity contribution in [1.82, 2.24) is 4.90 Å². The van der Waals surface area contributed by atoms with Crippen molar-refractivity contribution in [2.45, 2.75) is 51.5 Å². The Hall–Kier alpha value is -0.230. The Labute approximate surface area is 89.6 Å². The molecule has 1 aliphatic heterocycles. The highest BCUT2D eigenvalue weighted by atomic mass is 19.1. The summed E-state index contributed by atoms with van der Waals surface area (Å²) in [4.78, 5) is 1.49. The number of hydrogen-bond acceptors (Lipinski definition) is 4. The van der Waals surface area contributed by atoms with Crippen molar-refractivity contribution in [1.29, 1.82) is 0 Å². The average Bonchev–Trinajstić information content (AvgIpc) is 2.06. The van der Waals surface area contributed by atoms with Gasteiger partial charge in [-0.15, -0.1) is 0 Å². The Morgan fingerprint density at radius 2 is 2.07 bits per heavy atom. The van der Waals surface area contributed by atoms with Crippen LogP contribution in [0.5, 0.6) is 0 Å². The largest absolute Gasteiger partial charge is 0.390 e. The van der Waals surface area contributed by atoms with Gasteiger partial charge in [-0.2, -0.15) is 0 Å². The third-order valence-electron chi connectivity index (χ3n) is 2.31. The smallest absolute Gasteiger partial charge is 0.216 e. The third-order valence-corrected chi connectivity index (χ3v) is 2.31. The standard InChI is InChI=1S/C10H20FNO3/c1-10(2,3)15-9(14)12-5-4-8(13)7(11)6-12/h7-9,13-14H,4-6H2,1-3H3/t7-,8+,9?/m0/s1. The van der Waals surface area contributed by atoms with E-state index in [1.807, 2.05) is 20.8 Å². The molecule has 0 aromatic heterocycles. The van der Waals surface area contributed by atoms with Crippen molar-refractivity contribution >= 4 is 0 Å². The van der Waals surface area contributed by atoms with Crippen LogP contribution in [0.15, 0.2) is 0 Å². The number of aliphatic hydroxyl groups excluding tert-OH is 2. The van der Waals surface area contributed by atoms with Crippen LogP contribution in [0.4, 0.5) is 4.39 Å². The van der Waals surface area contributed by atoms with E-state index in [1.54, 1.807) is 0 Å². The number of aliphatic hydroxyl groups is 2. The van der Waals surface area contributed by atoms with Gasteiger partial charge in [-0.25, -0.2) is 4.39 Å². The number of halogens is 1. The van der Waals surface area contributed by atoms with Crippen LogP contribution in [-0.2, 0) is 4.74 Å². The minimum atomic E-state index is -1.31. The molecule has 3 atom stereocenters. The van der Waals surface area contributed by atoms with Gasteiger partial charge in [0.15, 0.2) is 0 Å². The molecule has 5 heteroatoms. The number of piperidine rings is 1. The molecule has 1 saturated heterocycles. The number of likely N-dealkylation sites (tertiary alicyclic amines) is 1. The SMILES string of the molecule is CC(C)(C)OC(O)N1CC[C@@H](O)[C@@H](F)C1. The van der Waals surface area contributed by atoms with Gasteiger partial charge in [0.2, 0.25) is 6.41 Å². The fourth-order valence-corrected chi connectivity index (χ4v) is 1.51. The van der Waals surface area contributed by atoms with Crippen LogP contribution in [0, 0.1) is 0 Å². The van der Waals surface area contributed by atoms with E-state index in [2.05, 4.69) is 0 Å². The topological polar surface area (TPSA) is 52.9 Å². The van der Waals surface area contributed by atoms with Gasteiger partial charge in [0.05, 0.1) is 11.7 Å². The van der Waals surface area contributed by atoms with Gasteiger partial charge in [-0.3, -0.25) is 4.90 Å². The number of ether oxygens (including phenoxy) is 1. The van der Waals surface area contributed by atoms with E-state index in [-0.39, 0.29) is 6.54 Å². The van der Waals surface area contributed by atoms with Crippen LogP contribution < -0.4 is 0 Å². The molecule has 4 nitrogen and oxygen atoms in total. The summed E-state index contributed by atoms with van der Waals surface area (Å²) in [5.41, 5.74) is -0.471. The maximum atomic E-state index is 13.2. The summed E-state index contributed by atoms with van der Waals surface area (Å²) in [6, 6.07) is 0. The highest BCUT2D eigenvalue weighted by molar-refractivity contribution is 4.79. The Kier molecular flexibility index (Phi) is 4.06. The second kappa shape index (κ2) is 4.74. The van der Waals surface area contributed by atoms with Gasteiger partial charge in [0, 0.05) is 13.1 Å². The van der Waals surface area contributed by atoms with Crippen molar-refractivity contribution in [2.24, 2.45) is 0 Å². The molecule has 0 radical (unpaired) electrons. The molecule has 0 aromatic carbocycles. The molecule has 0 aromatic rings. The lowest BCUT2D eigenvalue weighted by Gasteiger charge is -2.37. The van der Waals surface area contributed by atoms with Crippen molar-refractivity contribution in [3.05, 3.63) is 0 Å². The quantitative estimate of drug-likeness (QED) is 0.666. The molecule has 0 spiro atoms. The summed E-state index contributed by atoms with van der Waals surface area (Å²) in [6.45, 7) is 5.92. The molecule has 0 aliphatic carbocycles. The zero-order valence-corrected chi connectivity index (χ0v) is 9.48. The van der Waals surface area contributed by atoms with E-state index >= 15 is 0 Å². The monoisotopic (exact) mass is 221 g/mol. The molecule has 0 amide bonds. The fraction of sp³-hybridized carbons (Fsp3) is 1.00. The van der Waals surface area contributed by atoms with Gasteiger partial charge >= 0.3 is 0 Å². The van der Waals surface area contributed by atoms with Crippen molar-refractivity contribution in [2.75, 3.05) is 13.1 Å². The van der Waals surface area contributed by atoms with E-state index in [0.29, 0.717) is 13.0 Å². The third kappa shape index (κ3) is 4.03. The molecule has 15 heavy (non-hydrogen) atoms. The second-order valence-electron chi connectivity index (χ2n) is 4.92. The van der Waals surface area contributed by atoms with Crippen molar-refractivity contribution in [3.8, 4) is 0 Å². The first-order valence-corrected chi connectivity index (χ1v) is 5.21. The first-order chi connectivity index (χ1) is 6.79. The van der Waals surface area contributed by atoms with E-state index < -0.39 is 24.3 Å². The average molecular weight is 221 g/mol. The molecule has 1 unspecified atom stereocenters. The minimum Gasteiger partial charge on any atom is -0.390 e. The van der Waals surface area contributed by atoms with Crippen molar-refractivity contribution in [3.63, 3.8) is 0 Å². The Bertz CT molecular complexity index is 207. The van der Waals surface area contributed by atoms with E-state index in [9.17, 15) is 14.6 Å². The van der Waals surface area contributed by atoms with Gasteiger partial charge in [-0.1, -0.05) is 0 Å². The van der Waals surface area contributed by atoms with Gasteiger partial charge in [0.25, 0.3) is 0 Å². The number of rotatable bonds is 2. The van der Waals surface area contributed by atoms with Crippen LogP contribution in [0.25, 0.3) is 0 Å². The number of hydrogen-bond donors (Lipinski definition) is 2. The normalized spacial score (nSPS) is 31.6. The lowest BCUT2D eigenvalue weighted by Crippen LogP contribution is -2.51. The first-order valence-electron chi connectivity index (χ1n) is 5.21. The summed E-state index contributed by atoms with van der Waals surface area (Å²) in [5.74, 6) is 0. The molecule has 1 heterocycles. The maximum absolute atomic E-state index is 13.2. The second-order valence-corrected chi connectivity index (χ2v) is 4.92. The molecule has 1 rings (SSSR count). The van der Waals surface area contributed by atoms with Crippen LogP contribution in [0.2, 0.25) is 0 Å². The number of alkyl halides is 1. The molecule has 0 saturated carbocycles. The fourth-order valence-electron chi connectivity index (χ4n) is 1.51. The lowest BCUT2D eigenvalue weighted by atomic mass is 10.1. The predicted octanol–water partition coefficient (Wildman–Crippen LogP) is 0.482. The summed E-state index contributed by atoms with van der Waals surface area (Å²) < 4.78 is 18.5. The van der Waals surface area contributed by atoms with Crippen LogP contribution in [0.1, 0.15) is 27.2 Å². The molecule has 2 N–H and O–H groups in total. The Morgan fingerprint density at radius 1 is 1.47 bits per heavy atom.